The standard InChI is InChI=1S/C10H7IO.C10H9NO/c2*11-9-5-1-4-8-7(9)3-2-6-10(8)12/h1-6,12H;1-6,12H,11H2. The highest BCUT2D eigenvalue weighted by Gasteiger charge is 2.00. The van der Waals surface area contributed by atoms with Crippen LogP contribution in [0.3, 0.4) is 0 Å². The number of benzene rings is 4. The lowest BCUT2D eigenvalue weighted by Gasteiger charge is -2.02. The molecule has 4 aromatic carbocycles. The summed E-state index contributed by atoms with van der Waals surface area (Å²) < 4.78 is 1.17. The zero-order valence-electron chi connectivity index (χ0n) is 12.8. The van der Waals surface area contributed by atoms with E-state index in [4.69, 9.17) is 5.73 Å². The highest BCUT2D eigenvalue weighted by Crippen LogP contribution is 2.28. The van der Waals surface area contributed by atoms with E-state index in [2.05, 4.69) is 22.6 Å². The second-order valence-electron chi connectivity index (χ2n) is 5.33. The molecule has 0 heterocycles. The molecular formula is C20H16INO2. The predicted octanol–water partition coefficient (Wildman–Crippen LogP) is 5.28. The summed E-state index contributed by atoms with van der Waals surface area (Å²) in [5, 5.41) is 22.7. The fourth-order valence-electron chi connectivity index (χ4n) is 2.57. The molecule has 0 radical (unpaired) electrons. The minimum Gasteiger partial charge on any atom is -0.507 e. The number of hydrogen-bond donors (Lipinski definition) is 3. The van der Waals surface area contributed by atoms with E-state index in [1.54, 1.807) is 18.2 Å². The van der Waals surface area contributed by atoms with Crippen molar-refractivity contribution in [1.82, 2.24) is 0 Å². The summed E-state index contributed by atoms with van der Waals surface area (Å²) in [4.78, 5) is 0. The molecule has 0 saturated carbocycles. The third-order valence-electron chi connectivity index (χ3n) is 3.78. The molecular weight excluding hydrogens is 413 g/mol. The number of fused-ring (bicyclic) bond motifs is 2. The monoisotopic (exact) mass is 429 g/mol. The lowest BCUT2D eigenvalue weighted by molar-refractivity contribution is 0.481. The molecule has 4 N–H and O–H groups in total. The normalized spacial score (nSPS) is 10.4. The number of rotatable bonds is 0. The van der Waals surface area contributed by atoms with Gasteiger partial charge < -0.3 is 15.9 Å². The molecule has 0 aliphatic heterocycles. The van der Waals surface area contributed by atoms with Gasteiger partial charge in [-0.25, -0.2) is 0 Å². The molecule has 0 aliphatic rings. The number of aromatic hydroxyl groups is 2. The zero-order chi connectivity index (χ0) is 17.1. The molecule has 4 aromatic rings. The van der Waals surface area contributed by atoms with Crippen LogP contribution in [0.25, 0.3) is 21.5 Å². The molecule has 0 aromatic heterocycles. The first-order chi connectivity index (χ1) is 11.6. The Balaban J connectivity index is 0.000000141. The van der Waals surface area contributed by atoms with E-state index in [1.807, 2.05) is 54.6 Å². The molecule has 0 saturated heterocycles. The van der Waals surface area contributed by atoms with E-state index in [9.17, 15) is 10.2 Å². The van der Waals surface area contributed by atoms with Crippen molar-refractivity contribution in [1.29, 1.82) is 0 Å². The Labute approximate surface area is 153 Å². The molecule has 120 valence electrons. The molecule has 0 aliphatic carbocycles. The van der Waals surface area contributed by atoms with Crippen molar-refractivity contribution in [3.8, 4) is 11.5 Å². The van der Waals surface area contributed by atoms with E-state index >= 15 is 0 Å². The lowest BCUT2D eigenvalue weighted by atomic mass is 10.1. The van der Waals surface area contributed by atoms with Crippen molar-refractivity contribution in [2.24, 2.45) is 0 Å². The molecule has 24 heavy (non-hydrogen) atoms. The van der Waals surface area contributed by atoms with Gasteiger partial charge in [-0.15, -0.1) is 0 Å². The van der Waals surface area contributed by atoms with Crippen molar-refractivity contribution in [2.45, 2.75) is 0 Å². The van der Waals surface area contributed by atoms with Crippen molar-refractivity contribution in [2.75, 3.05) is 5.73 Å². The molecule has 3 nitrogen and oxygen atoms in total. The lowest BCUT2D eigenvalue weighted by Crippen LogP contribution is -1.85. The van der Waals surface area contributed by atoms with Gasteiger partial charge in [0.1, 0.15) is 11.5 Å². The van der Waals surface area contributed by atoms with Crippen molar-refractivity contribution >= 4 is 49.8 Å². The quantitative estimate of drug-likeness (QED) is 0.263. The number of halogens is 1. The summed E-state index contributed by atoms with van der Waals surface area (Å²) >= 11 is 2.26. The van der Waals surface area contributed by atoms with Gasteiger partial charge in [-0.1, -0.05) is 48.5 Å². The summed E-state index contributed by atoms with van der Waals surface area (Å²) in [6.45, 7) is 0. The van der Waals surface area contributed by atoms with Crippen molar-refractivity contribution in [3.63, 3.8) is 0 Å². The van der Waals surface area contributed by atoms with Crippen molar-refractivity contribution < 1.29 is 10.2 Å². The third kappa shape index (κ3) is 3.23. The minimum atomic E-state index is 0.278. The van der Waals surface area contributed by atoms with Crippen LogP contribution in [0.1, 0.15) is 0 Å². The van der Waals surface area contributed by atoms with E-state index in [0.717, 1.165) is 21.5 Å². The summed E-state index contributed by atoms with van der Waals surface area (Å²) in [5.74, 6) is 0.630. The fraction of sp³-hybridized carbons (Fsp3) is 0. The Kier molecular flexibility index (Phi) is 4.76. The van der Waals surface area contributed by atoms with E-state index < -0.39 is 0 Å². The van der Waals surface area contributed by atoms with Gasteiger partial charge >= 0.3 is 0 Å². The molecule has 0 bridgehead atoms. The second-order valence-corrected chi connectivity index (χ2v) is 6.49. The average Bonchev–Trinajstić information content (AvgIpc) is 2.58. The number of nitrogens with two attached hydrogens (primary N) is 1. The van der Waals surface area contributed by atoms with Crippen LogP contribution in [0.5, 0.6) is 11.5 Å². The van der Waals surface area contributed by atoms with Gasteiger partial charge in [0.25, 0.3) is 0 Å². The van der Waals surface area contributed by atoms with Gasteiger partial charge in [0.15, 0.2) is 0 Å². The first kappa shape index (κ1) is 16.4. The molecule has 0 spiro atoms. The largest absolute Gasteiger partial charge is 0.507 e. The maximum atomic E-state index is 9.49. The van der Waals surface area contributed by atoms with Crippen LogP contribution < -0.4 is 5.73 Å². The summed E-state index contributed by atoms with van der Waals surface area (Å²) in [6.07, 6.45) is 0. The summed E-state index contributed by atoms with van der Waals surface area (Å²) in [7, 11) is 0. The molecule has 0 unspecified atom stereocenters. The zero-order valence-corrected chi connectivity index (χ0v) is 14.9. The van der Waals surface area contributed by atoms with E-state index in [-0.39, 0.29) is 5.75 Å². The third-order valence-corrected chi connectivity index (χ3v) is 4.72. The van der Waals surface area contributed by atoms with Gasteiger partial charge in [-0.05, 0) is 52.2 Å². The Bertz CT molecular complexity index is 849. The van der Waals surface area contributed by atoms with Crippen LogP contribution in [0.15, 0.2) is 72.8 Å². The second kappa shape index (κ2) is 6.97. The van der Waals surface area contributed by atoms with Crippen LogP contribution in [0.2, 0.25) is 0 Å². The highest BCUT2D eigenvalue weighted by atomic mass is 127. The topological polar surface area (TPSA) is 66.5 Å². The number of hydrogen-bond acceptors (Lipinski definition) is 3. The summed E-state index contributed by atoms with van der Waals surface area (Å²) in [5.41, 5.74) is 6.41. The molecule has 4 heteroatoms. The van der Waals surface area contributed by atoms with Gasteiger partial charge in [0, 0.05) is 25.4 Å². The van der Waals surface area contributed by atoms with E-state index in [1.165, 1.54) is 3.57 Å². The van der Waals surface area contributed by atoms with Crippen LogP contribution in [-0.4, -0.2) is 10.2 Å². The molecule has 0 amide bonds. The van der Waals surface area contributed by atoms with Gasteiger partial charge in [0.2, 0.25) is 0 Å². The fourth-order valence-corrected chi connectivity index (χ4v) is 3.25. The number of phenolic OH excluding ortho intramolecular Hbond substituents is 2. The molecule has 0 atom stereocenters. The maximum Gasteiger partial charge on any atom is 0.123 e. The number of phenols is 2. The van der Waals surface area contributed by atoms with Crippen LogP contribution in [0.4, 0.5) is 5.69 Å². The van der Waals surface area contributed by atoms with Crippen LogP contribution >= 0.6 is 22.6 Å². The van der Waals surface area contributed by atoms with Crippen LogP contribution in [0, 0.1) is 3.57 Å². The summed E-state index contributed by atoms with van der Waals surface area (Å²) in [6, 6.07) is 22.3. The van der Waals surface area contributed by atoms with E-state index in [0.29, 0.717) is 11.4 Å². The maximum absolute atomic E-state index is 9.49. The molecule has 0 fully saturated rings. The van der Waals surface area contributed by atoms with Gasteiger partial charge in [-0.2, -0.15) is 0 Å². The highest BCUT2D eigenvalue weighted by molar-refractivity contribution is 14.1. The van der Waals surface area contributed by atoms with Gasteiger partial charge in [0.05, 0.1) is 0 Å². The Hall–Kier alpha value is -2.47. The first-order valence-electron chi connectivity index (χ1n) is 7.40. The average molecular weight is 429 g/mol. The number of nitrogen functional groups attached to an aromatic ring is 1. The van der Waals surface area contributed by atoms with Crippen LogP contribution in [-0.2, 0) is 0 Å². The SMILES string of the molecule is Nc1cccc2c(O)cccc12.Oc1cccc2c(I)cccc12. The Morgan fingerprint density at radius 1 is 0.583 bits per heavy atom. The smallest absolute Gasteiger partial charge is 0.123 e. The molecule has 4 rings (SSSR count). The Morgan fingerprint density at radius 2 is 1.04 bits per heavy atom. The number of anilines is 1. The minimum absolute atomic E-state index is 0.278. The van der Waals surface area contributed by atoms with Gasteiger partial charge in [-0.3, -0.25) is 0 Å². The Morgan fingerprint density at radius 3 is 1.62 bits per heavy atom. The van der Waals surface area contributed by atoms with Crippen molar-refractivity contribution in [3.05, 3.63) is 76.4 Å². The predicted molar refractivity (Wildman–Crippen MR) is 108 cm³/mol. The first-order valence-corrected chi connectivity index (χ1v) is 8.48.